The molecule has 23 heteroatoms. The number of fused-ring (bicyclic) bond motifs is 6. The van der Waals surface area contributed by atoms with E-state index in [-0.39, 0.29) is 24.5 Å². The van der Waals surface area contributed by atoms with Gasteiger partial charge in [0, 0.05) is 70.8 Å². The number of cyclic esters (lactones) is 1. The highest BCUT2D eigenvalue weighted by Crippen LogP contribution is 2.43. The first-order valence-corrected chi connectivity index (χ1v) is 27.5. The van der Waals surface area contributed by atoms with Crippen LogP contribution in [0.25, 0.3) is 5.69 Å². The zero-order valence-corrected chi connectivity index (χ0v) is 48.0. The van der Waals surface area contributed by atoms with E-state index in [1.54, 1.807) is 45.0 Å². The number of hydrogen-bond donors (Lipinski definition) is 4. The molecule has 1 unspecified atom stereocenters. The summed E-state index contributed by atoms with van der Waals surface area (Å²) in [6.07, 6.45) is -3.39. The number of rotatable bonds is 5. The minimum Gasteiger partial charge on any atom is -0.448 e. The minimum atomic E-state index is -1.87. The number of halogens is 2. The van der Waals surface area contributed by atoms with Gasteiger partial charge in [-0.1, -0.05) is 36.4 Å². The van der Waals surface area contributed by atoms with Crippen LogP contribution in [0.5, 0.6) is 0 Å². The van der Waals surface area contributed by atoms with Gasteiger partial charge in [-0.15, -0.1) is 10.2 Å². The zero-order valence-electron chi connectivity index (χ0n) is 45.9. The molecule has 75 heavy (non-hydrogen) atoms. The second-order valence-electron chi connectivity index (χ2n) is 22.5. The van der Waals surface area contributed by atoms with Crippen LogP contribution in [0.1, 0.15) is 123 Å². The number of esters is 1. The maximum absolute atomic E-state index is 15.0. The van der Waals surface area contributed by atoms with Crippen LogP contribution < -0.4 is 5.73 Å². The highest BCUT2D eigenvalue weighted by Gasteiger charge is 2.53. The number of hydrogen-bond acceptors (Lipinski definition) is 19. The molecule has 1 aromatic carbocycles. The maximum atomic E-state index is 15.0. The lowest BCUT2D eigenvalue weighted by Crippen LogP contribution is -2.59. The molecule has 5 aliphatic rings. The molecule has 7 heterocycles. The van der Waals surface area contributed by atoms with Gasteiger partial charge in [0.1, 0.15) is 42.3 Å². The molecule has 3 saturated heterocycles. The van der Waals surface area contributed by atoms with Crippen LogP contribution in [0.4, 0.5) is 4.39 Å². The maximum Gasteiger partial charge on any atom is 0.312 e. The summed E-state index contributed by atoms with van der Waals surface area (Å²) < 4.78 is 69.5. The summed E-state index contributed by atoms with van der Waals surface area (Å²) in [6.45, 7) is 16.7. The van der Waals surface area contributed by atoms with E-state index in [0.717, 1.165) is 5.56 Å². The Hall–Kier alpha value is -2.89. The van der Waals surface area contributed by atoms with Crippen LogP contribution >= 0.6 is 22.6 Å². The van der Waals surface area contributed by atoms with E-state index in [1.807, 2.05) is 93.5 Å². The quantitative estimate of drug-likeness (QED) is 0.155. The van der Waals surface area contributed by atoms with Crippen molar-refractivity contribution in [3.05, 3.63) is 53.6 Å². The average molecular weight is 1170 g/mol. The molecule has 2 aromatic heterocycles. The largest absolute Gasteiger partial charge is 0.448 e. The molecule has 3 fully saturated rings. The van der Waals surface area contributed by atoms with E-state index in [1.165, 1.54) is 18.7 Å². The lowest BCUT2D eigenvalue weighted by Gasteiger charge is -2.49. The van der Waals surface area contributed by atoms with Crippen molar-refractivity contribution >= 4 is 28.6 Å². The summed E-state index contributed by atoms with van der Waals surface area (Å²) in [5.74, 6) is -2.69. The molecule has 3 aromatic rings. The Morgan fingerprint density at radius 1 is 0.920 bits per heavy atom. The Kier molecular flexibility index (Phi) is 19.6. The smallest absolute Gasteiger partial charge is 0.312 e. The summed E-state index contributed by atoms with van der Waals surface area (Å²) in [4.78, 5) is 18.9. The third kappa shape index (κ3) is 13.2. The van der Waals surface area contributed by atoms with Gasteiger partial charge in [0.05, 0.1) is 59.1 Å². The second-order valence-corrected chi connectivity index (χ2v) is 23.6. The van der Waals surface area contributed by atoms with Crippen molar-refractivity contribution in [2.45, 2.75) is 195 Å². The average Bonchev–Trinajstić information content (AvgIpc) is 4.07. The number of carbonyl (C=O) groups is 1. The minimum absolute atomic E-state index is 0.0261. The summed E-state index contributed by atoms with van der Waals surface area (Å²) >= 11 is 1.86. The van der Waals surface area contributed by atoms with E-state index in [2.05, 4.69) is 32.4 Å². The second kappa shape index (κ2) is 24.6. The standard InChI is InChI=1S/C52H83FIN9O12/c1-28-22-51(8)46(30(3)42(72-41-23-50(7,69-13)45(65)33(6)71-41)31(4)48(66)74-49(54)52(9,67)44(64)32(5)61(11)25-28)73-40-21-37(20-29(2)70-40)60(10)19-18-35-26-63(58-56-35)39(24-53)43(68-12)34-14-16-36(17-15-34)62-27-38(57-59-62)47(55)75-51/h14-17,26-33,37,39-47,49,64-65,67H,18-25,55H2,1-13H3/t28-,29-,30+,31-,32-,33+,37+,39-,40+,41+,42+,43-,44-,45+,46-,47?,49+,50-,51-,52+/m1/s1. The molecule has 0 radical (unpaired) electrons. The Morgan fingerprint density at radius 3 is 2.29 bits per heavy atom. The predicted octanol–water partition coefficient (Wildman–Crippen LogP) is 4.59. The predicted molar refractivity (Wildman–Crippen MR) is 281 cm³/mol. The van der Waals surface area contributed by atoms with E-state index in [9.17, 15) is 24.5 Å². The van der Waals surface area contributed by atoms with Gasteiger partial charge in [0.2, 0.25) is 0 Å². The van der Waals surface area contributed by atoms with Crippen molar-refractivity contribution in [1.82, 2.24) is 39.8 Å². The first kappa shape index (κ1) is 59.8. The van der Waals surface area contributed by atoms with Gasteiger partial charge in [-0.2, -0.15) is 0 Å². The van der Waals surface area contributed by atoms with E-state index in [0.29, 0.717) is 55.8 Å². The number of likely N-dealkylation sites (N-methyl/N-ethyl adjacent to an activating group) is 2. The number of alkyl halides is 2. The van der Waals surface area contributed by atoms with Crippen LogP contribution in [-0.4, -0.2) is 191 Å². The molecule has 5 aliphatic heterocycles. The molecule has 20 atom stereocenters. The van der Waals surface area contributed by atoms with Gasteiger partial charge in [0.25, 0.3) is 0 Å². The Balaban J connectivity index is 1.37. The lowest BCUT2D eigenvalue weighted by molar-refractivity contribution is -0.312. The van der Waals surface area contributed by atoms with E-state index < -0.39 is 113 Å². The molecule has 0 aliphatic carbocycles. The number of aliphatic hydroxyl groups is 3. The van der Waals surface area contributed by atoms with Crippen LogP contribution in [0, 0.1) is 17.8 Å². The van der Waals surface area contributed by atoms with Gasteiger partial charge in [-0.25, -0.2) is 13.8 Å². The SMILES string of the molecule is CO[C@@H]1c2ccc(cc2)-n2cc(nn2)C(N)O[C@]2(C)C[C@@H](C)CN(C)[C@H](C)[C@@H](O)[C@](C)(O)[C@@H](I)OC(=O)[C@H](C)[C@@H](O[C@H]3C[C@@](C)(OC)[C@@H](O)[C@H](C)O3)[C@H](C)[C@H]2O[C@H]2C[C@H](C[C@@H](C)O2)N(C)CCc2cn(nn2)[C@@H]1CF. The van der Waals surface area contributed by atoms with Crippen LogP contribution in [0.15, 0.2) is 36.7 Å². The molecule has 8 bridgehead atoms. The van der Waals surface area contributed by atoms with Gasteiger partial charge in [0.15, 0.2) is 22.9 Å². The monoisotopic (exact) mass is 1170 g/mol. The number of carbonyl (C=O) groups excluding carboxylic acids is 1. The molecule has 8 rings (SSSR count). The molecular weight excluding hydrogens is 1090 g/mol. The van der Waals surface area contributed by atoms with Crippen molar-refractivity contribution in [3.63, 3.8) is 0 Å². The molecule has 5 N–H and O–H groups in total. The fourth-order valence-electron chi connectivity index (χ4n) is 11.7. The number of nitrogens with two attached hydrogens (primary N) is 1. The molecule has 0 saturated carbocycles. The summed E-state index contributed by atoms with van der Waals surface area (Å²) in [5, 5.41) is 52.7. The number of nitrogens with zero attached hydrogens (tertiary/aromatic N) is 8. The van der Waals surface area contributed by atoms with E-state index >= 15 is 0 Å². The van der Waals surface area contributed by atoms with E-state index in [4.69, 9.17) is 43.6 Å². The van der Waals surface area contributed by atoms with Crippen molar-refractivity contribution < 1.29 is 62.4 Å². The molecule has 0 amide bonds. The highest BCUT2D eigenvalue weighted by molar-refractivity contribution is 14.1. The number of aliphatic hydroxyl groups excluding tert-OH is 2. The lowest BCUT2D eigenvalue weighted by atomic mass is 9.77. The summed E-state index contributed by atoms with van der Waals surface area (Å²) in [6, 6.07) is 5.96. The fourth-order valence-corrected chi connectivity index (χ4v) is 12.3. The Labute approximate surface area is 454 Å². The topological polar surface area (TPSA) is 246 Å². The van der Waals surface area contributed by atoms with Crippen molar-refractivity contribution in [2.24, 2.45) is 23.5 Å². The normalized spacial score (nSPS) is 41.7. The van der Waals surface area contributed by atoms with Crippen molar-refractivity contribution in [1.29, 1.82) is 0 Å². The third-order valence-electron chi connectivity index (χ3n) is 16.5. The number of benzene rings is 1. The molecule has 422 valence electrons. The summed E-state index contributed by atoms with van der Waals surface area (Å²) in [5.41, 5.74) is 5.24. The van der Waals surface area contributed by atoms with Crippen LogP contribution in [-0.2, 0) is 49.1 Å². The Bertz CT molecular complexity index is 2320. The van der Waals surface area contributed by atoms with Gasteiger partial charge in [-0.3, -0.25) is 4.79 Å². The van der Waals surface area contributed by atoms with Crippen molar-refractivity contribution in [2.75, 3.05) is 48.1 Å². The van der Waals surface area contributed by atoms with Crippen LogP contribution in [0.3, 0.4) is 0 Å². The third-order valence-corrected chi connectivity index (χ3v) is 18.0. The first-order chi connectivity index (χ1) is 35.3. The summed E-state index contributed by atoms with van der Waals surface area (Å²) in [7, 11) is 6.99. The fraction of sp³-hybridized carbons (Fsp3) is 0.788. The number of ether oxygens (including phenoxy) is 8. The molecular formula is C52H83FIN9O12. The van der Waals surface area contributed by atoms with Crippen LogP contribution in [0.2, 0.25) is 0 Å². The Morgan fingerprint density at radius 2 is 1.63 bits per heavy atom. The first-order valence-electron chi connectivity index (χ1n) is 26.3. The number of methoxy groups -OCH3 is 2. The zero-order chi connectivity index (χ0) is 54.9. The number of aromatic nitrogens is 6. The molecule has 0 spiro atoms. The highest BCUT2D eigenvalue weighted by atomic mass is 127. The van der Waals surface area contributed by atoms with Gasteiger partial charge >= 0.3 is 5.97 Å². The van der Waals surface area contributed by atoms with Gasteiger partial charge < -0.3 is 68.7 Å². The van der Waals surface area contributed by atoms with Crippen molar-refractivity contribution in [3.8, 4) is 5.69 Å². The van der Waals surface area contributed by atoms with Gasteiger partial charge in [-0.05, 0) is 122 Å². The molecule has 21 nitrogen and oxygen atoms in total.